The Bertz CT molecular complexity index is 133. The van der Waals surface area contributed by atoms with Gasteiger partial charge in [-0.3, -0.25) is 10.4 Å². The van der Waals surface area contributed by atoms with Crippen LogP contribution in [-0.4, -0.2) is 31.5 Å². The summed E-state index contributed by atoms with van der Waals surface area (Å²) in [6.45, 7) is 3.20. The predicted octanol–water partition coefficient (Wildman–Crippen LogP) is 0.558. The van der Waals surface area contributed by atoms with Gasteiger partial charge in [-0.15, -0.1) is 0 Å². The van der Waals surface area contributed by atoms with E-state index in [0.717, 1.165) is 12.5 Å². The standard InChI is InChI=1S/C8H20N4/c1-4-5-6-7-12(3)8(10-2)11-9/h4-7,9H2,1-3H3,(H,10,11). The van der Waals surface area contributed by atoms with Gasteiger partial charge >= 0.3 is 0 Å². The molecule has 3 N–H and O–H groups in total. The van der Waals surface area contributed by atoms with Crippen molar-refractivity contribution in [3.05, 3.63) is 0 Å². The maximum Gasteiger partial charge on any atom is 0.207 e. The molecule has 0 aromatic carbocycles. The molecule has 0 rings (SSSR count). The van der Waals surface area contributed by atoms with Crippen molar-refractivity contribution in [2.24, 2.45) is 10.8 Å². The third-order valence-corrected chi connectivity index (χ3v) is 1.80. The molecule has 0 spiro atoms. The van der Waals surface area contributed by atoms with Crippen LogP contribution in [0.2, 0.25) is 0 Å². The number of hydrazine groups is 1. The first-order chi connectivity index (χ1) is 5.76. The zero-order chi connectivity index (χ0) is 9.40. The van der Waals surface area contributed by atoms with Crippen LogP contribution in [0.3, 0.4) is 0 Å². The molecular weight excluding hydrogens is 152 g/mol. The molecule has 0 saturated carbocycles. The number of aliphatic imine (C=N–C) groups is 1. The minimum absolute atomic E-state index is 0.742. The minimum atomic E-state index is 0.742. The molecule has 0 heterocycles. The summed E-state index contributed by atoms with van der Waals surface area (Å²) in [6.07, 6.45) is 3.68. The third kappa shape index (κ3) is 4.18. The molecule has 12 heavy (non-hydrogen) atoms. The second-order valence-corrected chi connectivity index (χ2v) is 2.82. The molecule has 0 atom stereocenters. The predicted molar refractivity (Wildman–Crippen MR) is 52.8 cm³/mol. The number of nitrogens with one attached hydrogen (secondary N) is 1. The highest BCUT2D eigenvalue weighted by Gasteiger charge is 2.01. The topological polar surface area (TPSA) is 53.6 Å². The summed E-state index contributed by atoms with van der Waals surface area (Å²) in [5, 5.41) is 0. The van der Waals surface area contributed by atoms with Crippen molar-refractivity contribution in [2.75, 3.05) is 20.6 Å². The molecule has 4 nitrogen and oxygen atoms in total. The van der Waals surface area contributed by atoms with Crippen molar-refractivity contribution < 1.29 is 0 Å². The number of nitrogens with two attached hydrogens (primary N) is 1. The molecule has 0 aromatic heterocycles. The highest BCUT2D eigenvalue weighted by atomic mass is 15.4. The number of nitrogens with zero attached hydrogens (tertiary/aromatic N) is 2. The molecule has 4 heteroatoms. The fourth-order valence-electron chi connectivity index (χ4n) is 1.05. The molecule has 0 unspecified atom stereocenters. The fraction of sp³-hybridized carbons (Fsp3) is 0.875. The van der Waals surface area contributed by atoms with Gasteiger partial charge in [0.05, 0.1) is 0 Å². The van der Waals surface area contributed by atoms with Gasteiger partial charge in [-0.05, 0) is 6.42 Å². The number of rotatable bonds is 4. The number of hydrogen-bond acceptors (Lipinski definition) is 2. The van der Waals surface area contributed by atoms with Gasteiger partial charge in [0.25, 0.3) is 0 Å². The Balaban J connectivity index is 3.62. The van der Waals surface area contributed by atoms with Gasteiger partial charge in [-0.2, -0.15) is 0 Å². The van der Waals surface area contributed by atoms with Crippen LogP contribution in [0.25, 0.3) is 0 Å². The summed E-state index contributed by atoms with van der Waals surface area (Å²) in [6, 6.07) is 0. The lowest BCUT2D eigenvalue weighted by Gasteiger charge is -2.19. The number of hydrogen-bond donors (Lipinski definition) is 2. The minimum Gasteiger partial charge on any atom is -0.345 e. The van der Waals surface area contributed by atoms with Crippen LogP contribution in [0.1, 0.15) is 26.2 Å². The van der Waals surface area contributed by atoms with E-state index >= 15 is 0 Å². The Kier molecular flexibility index (Phi) is 6.47. The maximum absolute atomic E-state index is 5.27. The highest BCUT2D eigenvalue weighted by Crippen LogP contribution is 1.95. The normalized spacial score (nSPS) is 11.5. The molecule has 0 aliphatic heterocycles. The summed E-state index contributed by atoms with van der Waals surface area (Å²) in [7, 11) is 3.71. The lowest BCUT2D eigenvalue weighted by Crippen LogP contribution is -2.43. The average Bonchev–Trinajstić information content (AvgIpc) is 2.07. The van der Waals surface area contributed by atoms with Gasteiger partial charge < -0.3 is 4.90 Å². The largest absolute Gasteiger partial charge is 0.345 e. The Hall–Kier alpha value is -0.770. The second kappa shape index (κ2) is 6.91. The molecule has 0 aromatic rings. The van der Waals surface area contributed by atoms with Gasteiger partial charge in [-0.1, -0.05) is 19.8 Å². The smallest absolute Gasteiger partial charge is 0.207 e. The third-order valence-electron chi connectivity index (χ3n) is 1.80. The van der Waals surface area contributed by atoms with Gasteiger partial charge in [-0.25, -0.2) is 5.84 Å². The SMILES string of the molecule is CCCCCN(C)C(=NC)NN. The molecule has 72 valence electrons. The van der Waals surface area contributed by atoms with Crippen molar-refractivity contribution >= 4 is 5.96 Å². The van der Waals surface area contributed by atoms with E-state index in [1.54, 1.807) is 7.05 Å². The van der Waals surface area contributed by atoms with E-state index in [1.165, 1.54) is 19.3 Å². The van der Waals surface area contributed by atoms with Crippen LogP contribution in [0.5, 0.6) is 0 Å². The lowest BCUT2D eigenvalue weighted by atomic mass is 10.2. The van der Waals surface area contributed by atoms with Gasteiger partial charge in [0.1, 0.15) is 0 Å². The van der Waals surface area contributed by atoms with E-state index in [4.69, 9.17) is 5.84 Å². The van der Waals surface area contributed by atoms with Crippen LogP contribution in [0.4, 0.5) is 0 Å². The van der Waals surface area contributed by atoms with E-state index in [0.29, 0.717) is 0 Å². The van der Waals surface area contributed by atoms with Gasteiger partial charge in [0.15, 0.2) is 0 Å². The molecule has 0 aliphatic rings. The number of guanidine groups is 1. The lowest BCUT2D eigenvalue weighted by molar-refractivity contribution is 0.459. The summed E-state index contributed by atoms with van der Waals surface area (Å²) >= 11 is 0. The Labute approximate surface area is 74.8 Å². The van der Waals surface area contributed by atoms with Crippen molar-refractivity contribution in [1.82, 2.24) is 10.3 Å². The van der Waals surface area contributed by atoms with Crippen LogP contribution in [-0.2, 0) is 0 Å². The number of unbranched alkanes of at least 4 members (excludes halogenated alkanes) is 2. The summed E-state index contributed by atoms with van der Waals surface area (Å²) in [5.41, 5.74) is 2.55. The molecule has 0 fully saturated rings. The molecule has 0 radical (unpaired) electrons. The Morgan fingerprint density at radius 3 is 2.58 bits per heavy atom. The second-order valence-electron chi connectivity index (χ2n) is 2.82. The maximum atomic E-state index is 5.27. The van der Waals surface area contributed by atoms with Gasteiger partial charge in [0.2, 0.25) is 5.96 Å². The van der Waals surface area contributed by atoms with Crippen LogP contribution < -0.4 is 11.3 Å². The summed E-state index contributed by atoms with van der Waals surface area (Å²) < 4.78 is 0. The quantitative estimate of drug-likeness (QED) is 0.214. The molecular formula is C8H20N4. The van der Waals surface area contributed by atoms with E-state index in [1.807, 2.05) is 11.9 Å². The first kappa shape index (κ1) is 11.2. The molecule has 0 saturated heterocycles. The van der Waals surface area contributed by atoms with Crippen molar-refractivity contribution in [3.8, 4) is 0 Å². The van der Waals surface area contributed by atoms with E-state index in [2.05, 4.69) is 17.3 Å². The Morgan fingerprint density at radius 1 is 1.50 bits per heavy atom. The van der Waals surface area contributed by atoms with E-state index in [9.17, 15) is 0 Å². The first-order valence-corrected chi connectivity index (χ1v) is 4.40. The summed E-state index contributed by atoms with van der Waals surface area (Å²) in [5.74, 6) is 6.01. The Morgan fingerprint density at radius 2 is 2.17 bits per heavy atom. The molecule has 0 aliphatic carbocycles. The van der Waals surface area contributed by atoms with Crippen molar-refractivity contribution in [3.63, 3.8) is 0 Å². The van der Waals surface area contributed by atoms with Crippen molar-refractivity contribution in [2.45, 2.75) is 26.2 Å². The van der Waals surface area contributed by atoms with Crippen molar-refractivity contribution in [1.29, 1.82) is 0 Å². The fourth-order valence-corrected chi connectivity index (χ4v) is 1.05. The summed E-state index contributed by atoms with van der Waals surface area (Å²) in [4.78, 5) is 6.02. The average molecular weight is 172 g/mol. The van der Waals surface area contributed by atoms with Gasteiger partial charge in [0, 0.05) is 20.6 Å². The zero-order valence-electron chi connectivity index (χ0n) is 8.30. The first-order valence-electron chi connectivity index (χ1n) is 4.40. The van der Waals surface area contributed by atoms with Crippen LogP contribution >= 0.6 is 0 Å². The zero-order valence-corrected chi connectivity index (χ0v) is 8.30. The highest BCUT2D eigenvalue weighted by molar-refractivity contribution is 5.78. The molecule has 0 bridgehead atoms. The van der Waals surface area contributed by atoms with Crippen LogP contribution in [0, 0.1) is 0 Å². The van der Waals surface area contributed by atoms with E-state index < -0.39 is 0 Å². The monoisotopic (exact) mass is 172 g/mol. The molecule has 0 amide bonds. The van der Waals surface area contributed by atoms with E-state index in [-0.39, 0.29) is 0 Å². The van der Waals surface area contributed by atoms with Crippen LogP contribution in [0.15, 0.2) is 4.99 Å².